The molecule has 4 aromatic rings. The maximum atomic E-state index is 12.8. The van der Waals surface area contributed by atoms with E-state index in [4.69, 9.17) is 0 Å². The smallest absolute Gasteiger partial charge is 0.241 e. The summed E-state index contributed by atoms with van der Waals surface area (Å²) in [6.07, 6.45) is 4.69. The molecule has 0 unspecified atom stereocenters. The minimum absolute atomic E-state index is 0.264. The Bertz CT molecular complexity index is 1370. The molecule has 0 saturated heterocycles. The third-order valence-corrected chi connectivity index (χ3v) is 6.40. The highest BCUT2D eigenvalue weighted by Crippen LogP contribution is 2.28. The molecule has 4 rings (SSSR count). The summed E-state index contributed by atoms with van der Waals surface area (Å²) >= 11 is 0. The van der Waals surface area contributed by atoms with Gasteiger partial charge in [-0.05, 0) is 30.0 Å². The molecular weight excluding hydrogens is 424 g/mol. The fraction of sp³-hybridized carbons (Fsp3) is 0.167. The van der Waals surface area contributed by atoms with E-state index in [9.17, 15) is 13.2 Å². The van der Waals surface area contributed by atoms with Crippen molar-refractivity contribution in [3.8, 4) is 5.69 Å². The summed E-state index contributed by atoms with van der Waals surface area (Å²) in [5.41, 5.74) is 2.30. The molecule has 0 saturated carbocycles. The van der Waals surface area contributed by atoms with Crippen molar-refractivity contribution in [2.45, 2.75) is 13.5 Å². The highest BCUT2D eigenvalue weighted by molar-refractivity contribution is 7.92. The quantitative estimate of drug-likeness (QED) is 0.470. The highest BCUT2D eigenvalue weighted by Gasteiger charge is 2.22. The van der Waals surface area contributed by atoms with Crippen LogP contribution in [0.15, 0.2) is 79.1 Å². The van der Waals surface area contributed by atoms with Crippen LogP contribution in [0.4, 0.5) is 5.69 Å². The summed E-state index contributed by atoms with van der Waals surface area (Å²) in [6.45, 7) is 1.86. The summed E-state index contributed by atoms with van der Waals surface area (Å²) < 4.78 is 28.2. The van der Waals surface area contributed by atoms with Gasteiger partial charge in [-0.2, -0.15) is 0 Å². The number of amides is 1. The van der Waals surface area contributed by atoms with E-state index in [1.54, 1.807) is 18.3 Å². The number of anilines is 1. The maximum absolute atomic E-state index is 12.8. The van der Waals surface area contributed by atoms with Crippen LogP contribution in [-0.2, 0) is 21.4 Å². The monoisotopic (exact) mass is 448 g/mol. The Morgan fingerprint density at radius 3 is 2.50 bits per heavy atom. The number of hydrogen-bond donors (Lipinski definition) is 1. The molecule has 0 atom stereocenters. The zero-order valence-corrected chi connectivity index (χ0v) is 18.7. The first-order chi connectivity index (χ1) is 15.3. The average Bonchev–Trinajstić information content (AvgIpc) is 3.21. The Morgan fingerprint density at radius 1 is 1.03 bits per heavy atom. The first-order valence-corrected chi connectivity index (χ1v) is 12.0. The summed E-state index contributed by atoms with van der Waals surface area (Å²) in [5, 5.41) is 4.54. The Morgan fingerprint density at radius 2 is 1.75 bits per heavy atom. The number of aromatic nitrogens is 2. The van der Waals surface area contributed by atoms with E-state index in [-0.39, 0.29) is 19.0 Å². The lowest BCUT2D eigenvalue weighted by Crippen LogP contribution is -2.40. The summed E-state index contributed by atoms with van der Waals surface area (Å²) in [6, 6.07) is 20.6. The first kappa shape index (κ1) is 21.6. The first-order valence-electron chi connectivity index (χ1n) is 10.1. The van der Waals surface area contributed by atoms with E-state index >= 15 is 0 Å². The van der Waals surface area contributed by atoms with Crippen LogP contribution in [0.2, 0.25) is 0 Å². The van der Waals surface area contributed by atoms with Crippen molar-refractivity contribution in [2.24, 2.45) is 0 Å². The molecular formula is C24H24N4O3S. The van der Waals surface area contributed by atoms with Gasteiger partial charge < -0.3 is 9.88 Å². The number of para-hydroxylation sites is 1. The van der Waals surface area contributed by atoms with Crippen molar-refractivity contribution in [3.05, 3.63) is 90.5 Å². The molecule has 3 aromatic carbocycles. The van der Waals surface area contributed by atoms with Crippen LogP contribution in [0.3, 0.4) is 0 Å². The van der Waals surface area contributed by atoms with E-state index in [0.717, 1.165) is 38.4 Å². The van der Waals surface area contributed by atoms with Crippen molar-refractivity contribution in [1.29, 1.82) is 0 Å². The Hall–Kier alpha value is -3.65. The second kappa shape index (κ2) is 8.84. The Kier molecular flexibility index (Phi) is 5.96. The number of aryl methyl sites for hydroxylation is 1. The Balaban J connectivity index is 1.56. The van der Waals surface area contributed by atoms with Crippen molar-refractivity contribution < 1.29 is 13.2 Å². The number of rotatable bonds is 7. The molecule has 164 valence electrons. The largest absolute Gasteiger partial charge is 0.350 e. The summed E-state index contributed by atoms with van der Waals surface area (Å²) in [7, 11) is -3.68. The molecule has 0 aliphatic rings. The minimum atomic E-state index is -3.68. The molecule has 32 heavy (non-hydrogen) atoms. The van der Waals surface area contributed by atoms with Crippen LogP contribution >= 0.6 is 0 Å². The van der Waals surface area contributed by atoms with Gasteiger partial charge in [-0.3, -0.25) is 9.10 Å². The molecule has 7 nitrogen and oxygen atoms in total. The van der Waals surface area contributed by atoms with Crippen LogP contribution < -0.4 is 9.62 Å². The minimum Gasteiger partial charge on any atom is -0.350 e. The third-order valence-electron chi connectivity index (χ3n) is 5.28. The van der Waals surface area contributed by atoms with E-state index in [2.05, 4.69) is 10.3 Å². The SMILES string of the molecule is Cc1nccn1-c1ccccc1CNC(=O)CN(c1cccc2ccccc12)S(C)(=O)=O. The van der Waals surface area contributed by atoms with E-state index in [0.29, 0.717) is 5.69 Å². The number of carbonyl (C=O) groups excluding carboxylic acids is 1. The van der Waals surface area contributed by atoms with Crippen molar-refractivity contribution in [3.63, 3.8) is 0 Å². The second-order valence-corrected chi connectivity index (χ2v) is 9.42. The van der Waals surface area contributed by atoms with Gasteiger partial charge in [-0.15, -0.1) is 0 Å². The van der Waals surface area contributed by atoms with Gasteiger partial charge >= 0.3 is 0 Å². The van der Waals surface area contributed by atoms with Gasteiger partial charge in [0, 0.05) is 24.3 Å². The molecule has 0 fully saturated rings. The van der Waals surface area contributed by atoms with Crippen molar-refractivity contribution >= 4 is 32.4 Å². The summed E-state index contributed by atoms with van der Waals surface area (Å²) in [4.78, 5) is 17.1. The molecule has 0 aliphatic carbocycles. The number of benzene rings is 3. The second-order valence-electron chi connectivity index (χ2n) is 7.52. The van der Waals surface area contributed by atoms with Crippen molar-refractivity contribution in [2.75, 3.05) is 17.1 Å². The molecule has 1 heterocycles. The fourth-order valence-corrected chi connectivity index (χ4v) is 4.58. The molecule has 0 spiro atoms. The van der Waals surface area contributed by atoms with Gasteiger partial charge in [0.2, 0.25) is 15.9 Å². The van der Waals surface area contributed by atoms with Crippen LogP contribution in [0.1, 0.15) is 11.4 Å². The molecule has 1 aromatic heterocycles. The third kappa shape index (κ3) is 4.50. The zero-order valence-electron chi connectivity index (χ0n) is 17.9. The zero-order chi connectivity index (χ0) is 22.7. The van der Waals surface area contributed by atoms with Gasteiger partial charge in [0.05, 0.1) is 17.6 Å². The van der Waals surface area contributed by atoms with Gasteiger partial charge in [0.1, 0.15) is 12.4 Å². The van der Waals surface area contributed by atoms with Crippen LogP contribution in [0.25, 0.3) is 16.5 Å². The number of nitrogens with zero attached hydrogens (tertiary/aromatic N) is 3. The maximum Gasteiger partial charge on any atom is 0.241 e. The highest BCUT2D eigenvalue weighted by atomic mass is 32.2. The molecule has 1 N–H and O–H groups in total. The Labute approximate surface area is 187 Å². The molecule has 8 heteroatoms. The number of fused-ring (bicyclic) bond motifs is 1. The predicted molar refractivity (Wildman–Crippen MR) is 126 cm³/mol. The topological polar surface area (TPSA) is 84.3 Å². The van der Waals surface area contributed by atoms with Crippen LogP contribution in [0, 0.1) is 6.92 Å². The van der Waals surface area contributed by atoms with Crippen LogP contribution in [-0.4, -0.2) is 36.7 Å². The van der Waals surface area contributed by atoms with Gasteiger partial charge in [-0.25, -0.2) is 13.4 Å². The van der Waals surface area contributed by atoms with Crippen molar-refractivity contribution in [1.82, 2.24) is 14.9 Å². The lowest BCUT2D eigenvalue weighted by Gasteiger charge is -2.23. The standard InChI is InChI=1S/C24H24N4O3S/c1-18-25-14-15-27(18)22-12-6-4-9-20(22)16-26-24(29)17-28(32(2,30)31)23-13-7-10-19-8-3-5-11-21(19)23/h3-15H,16-17H2,1-2H3,(H,26,29). The van der Waals surface area contributed by atoms with Gasteiger partial charge in [0.25, 0.3) is 0 Å². The number of imidazole rings is 1. The number of hydrogen-bond acceptors (Lipinski definition) is 4. The van der Waals surface area contributed by atoms with Gasteiger partial charge in [-0.1, -0.05) is 54.6 Å². The molecule has 0 aliphatic heterocycles. The van der Waals surface area contributed by atoms with E-state index < -0.39 is 10.0 Å². The lowest BCUT2D eigenvalue weighted by atomic mass is 10.1. The normalized spacial score (nSPS) is 11.4. The fourth-order valence-electron chi connectivity index (χ4n) is 3.71. The van der Waals surface area contributed by atoms with Crippen LogP contribution in [0.5, 0.6) is 0 Å². The molecule has 0 radical (unpaired) electrons. The number of carbonyl (C=O) groups is 1. The predicted octanol–water partition coefficient (Wildman–Crippen LogP) is 3.42. The average molecular weight is 449 g/mol. The number of nitrogens with one attached hydrogen (secondary N) is 1. The van der Waals surface area contributed by atoms with E-state index in [1.165, 1.54) is 0 Å². The molecule has 1 amide bonds. The summed E-state index contributed by atoms with van der Waals surface area (Å²) in [5.74, 6) is 0.448. The number of sulfonamides is 1. The lowest BCUT2D eigenvalue weighted by molar-refractivity contribution is -0.119. The van der Waals surface area contributed by atoms with Gasteiger partial charge in [0.15, 0.2) is 0 Å². The van der Waals surface area contributed by atoms with E-state index in [1.807, 2.05) is 72.3 Å². The molecule has 0 bridgehead atoms.